The number of benzene rings is 1. The number of hydrogen-bond acceptors (Lipinski definition) is 5. The number of nitrogens with one attached hydrogen (secondary N) is 1. The molecule has 7 nitrogen and oxygen atoms in total. The smallest absolute Gasteiger partial charge is 0.375 e. The Morgan fingerprint density at radius 2 is 2.09 bits per heavy atom. The van der Waals surface area contributed by atoms with Gasteiger partial charge in [-0.15, -0.1) is 0 Å². The van der Waals surface area contributed by atoms with Gasteiger partial charge in [0.05, 0.1) is 11.5 Å². The summed E-state index contributed by atoms with van der Waals surface area (Å²) in [4.78, 5) is 22.6. The third-order valence-corrected chi connectivity index (χ3v) is 3.70. The molecular weight excluding hydrogens is 286 g/mol. The quantitative estimate of drug-likeness (QED) is 0.688. The number of hydrogen-bond donors (Lipinski definition) is 1. The first-order valence-corrected chi connectivity index (χ1v) is 6.90. The van der Waals surface area contributed by atoms with Crippen molar-refractivity contribution in [1.82, 2.24) is 4.57 Å². The lowest BCUT2D eigenvalue weighted by molar-refractivity contribution is -0.387. The Balaban J connectivity index is 2.02. The number of ether oxygens (including phenoxy) is 1. The van der Waals surface area contributed by atoms with Crippen LogP contribution >= 0.6 is 0 Å². The van der Waals surface area contributed by atoms with E-state index in [9.17, 15) is 14.9 Å². The molecule has 1 N–H and O–H groups in total. The van der Waals surface area contributed by atoms with E-state index in [1.807, 2.05) is 30.3 Å². The molecule has 0 radical (unpaired) electrons. The van der Waals surface area contributed by atoms with Crippen molar-refractivity contribution in [2.45, 2.75) is 13.0 Å². The van der Waals surface area contributed by atoms with Crippen LogP contribution in [-0.4, -0.2) is 16.1 Å². The second-order valence-corrected chi connectivity index (χ2v) is 5.06. The number of nitro groups is 1. The second-order valence-electron chi connectivity index (χ2n) is 5.06. The fourth-order valence-electron chi connectivity index (χ4n) is 2.62. The van der Waals surface area contributed by atoms with E-state index in [0.717, 1.165) is 5.56 Å². The van der Waals surface area contributed by atoms with Crippen LogP contribution in [0, 0.1) is 10.1 Å². The minimum Gasteiger partial charge on any atom is -0.486 e. The summed E-state index contributed by atoms with van der Waals surface area (Å²) in [6.07, 6.45) is 0.543. The molecule has 0 saturated carbocycles. The molecule has 0 aliphatic carbocycles. The zero-order valence-corrected chi connectivity index (χ0v) is 12.0. The van der Waals surface area contributed by atoms with Crippen molar-refractivity contribution in [2.24, 2.45) is 7.05 Å². The number of fused-ring (bicyclic) bond motifs is 1. The lowest BCUT2D eigenvalue weighted by atomic mass is 10.1. The summed E-state index contributed by atoms with van der Waals surface area (Å²) in [7, 11) is 1.53. The summed E-state index contributed by atoms with van der Waals surface area (Å²) in [6, 6.07) is 9.72. The highest BCUT2D eigenvalue weighted by atomic mass is 16.6. The molecule has 114 valence electrons. The summed E-state index contributed by atoms with van der Waals surface area (Å²) >= 11 is 0. The van der Waals surface area contributed by atoms with E-state index >= 15 is 0 Å². The fourth-order valence-corrected chi connectivity index (χ4v) is 2.62. The van der Waals surface area contributed by atoms with Crippen LogP contribution in [0.2, 0.25) is 0 Å². The van der Waals surface area contributed by atoms with E-state index in [-0.39, 0.29) is 5.75 Å². The van der Waals surface area contributed by atoms with Gasteiger partial charge in [0.1, 0.15) is 5.82 Å². The predicted molar refractivity (Wildman–Crippen MR) is 81.3 cm³/mol. The molecule has 3 rings (SSSR count). The Morgan fingerprint density at radius 3 is 2.77 bits per heavy atom. The first-order valence-electron chi connectivity index (χ1n) is 6.90. The molecular formula is C15H15N3O4. The maximum absolute atomic E-state index is 12.2. The van der Waals surface area contributed by atoms with Gasteiger partial charge in [0, 0.05) is 25.6 Å². The van der Waals surface area contributed by atoms with Crippen LogP contribution in [0.5, 0.6) is 5.75 Å². The molecule has 0 amide bonds. The van der Waals surface area contributed by atoms with Gasteiger partial charge in [-0.05, 0) is 5.56 Å². The fraction of sp³-hybridized carbons (Fsp3) is 0.267. The number of nitrogens with zero attached hydrogens (tertiary/aromatic N) is 2. The van der Waals surface area contributed by atoms with Crippen LogP contribution in [0.3, 0.4) is 0 Å². The SMILES string of the molecule is Cn1c(NCc2ccccc2)c2c(c([N+](=O)[O-])c1=O)OCC2. The molecule has 7 heteroatoms. The topological polar surface area (TPSA) is 86.4 Å². The molecule has 1 aliphatic heterocycles. The molecule has 2 heterocycles. The second kappa shape index (κ2) is 5.51. The molecule has 1 aromatic carbocycles. The van der Waals surface area contributed by atoms with Crippen LogP contribution in [0.4, 0.5) is 11.5 Å². The summed E-state index contributed by atoms with van der Waals surface area (Å²) in [5, 5.41) is 14.3. The van der Waals surface area contributed by atoms with Gasteiger partial charge < -0.3 is 10.1 Å². The minimum atomic E-state index is -0.673. The van der Waals surface area contributed by atoms with Crippen molar-refractivity contribution in [3.8, 4) is 5.75 Å². The molecule has 0 saturated heterocycles. The van der Waals surface area contributed by atoms with Gasteiger partial charge in [-0.2, -0.15) is 0 Å². The monoisotopic (exact) mass is 301 g/mol. The van der Waals surface area contributed by atoms with Crippen molar-refractivity contribution in [3.05, 3.63) is 61.9 Å². The van der Waals surface area contributed by atoms with E-state index < -0.39 is 16.2 Å². The molecule has 0 fully saturated rings. The Labute approximate surface area is 126 Å². The van der Waals surface area contributed by atoms with Crippen LogP contribution in [0.15, 0.2) is 35.1 Å². The van der Waals surface area contributed by atoms with Crippen LogP contribution in [0.25, 0.3) is 0 Å². The molecule has 22 heavy (non-hydrogen) atoms. The Hall–Kier alpha value is -2.83. The molecule has 1 aromatic heterocycles. The van der Waals surface area contributed by atoms with E-state index in [1.165, 1.54) is 11.6 Å². The Morgan fingerprint density at radius 1 is 1.36 bits per heavy atom. The van der Waals surface area contributed by atoms with Crippen molar-refractivity contribution in [1.29, 1.82) is 0 Å². The minimum absolute atomic E-state index is 0.101. The van der Waals surface area contributed by atoms with Gasteiger partial charge in [-0.1, -0.05) is 30.3 Å². The highest BCUT2D eigenvalue weighted by Gasteiger charge is 2.32. The summed E-state index contributed by atoms with van der Waals surface area (Å²) in [5.74, 6) is 0.676. The Bertz CT molecular complexity index is 784. The predicted octanol–water partition coefficient (Wildman–Crippen LogP) is 1.84. The van der Waals surface area contributed by atoms with Gasteiger partial charge in [0.2, 0.25) is 5.75 Å². The first-order chi connectivity index (χ1) is 10.6. The van der Waals surface area contributed by atoms with Gasteiger partial charge in [0.25, 0.3) is 0 Å². The molecule has 0 spiro atoms. The van der Waals surface area contributed by atoms with Crippen LogP contribution in [-0.2, 0) is 20.0 Å². The molecule has 2 aromatic rings. The summed E-state index contributed by atoms with van der Waals surface area (Å²) in [6.45, 7) is 0.873. The lowest BCUT2D eigenvalue weighted by Gasteiger charge is -2.14. The normalized spacial score (nSPS) is 12.6. The van der Waals surface area contributed by atoms with Crippen LogP contribution < -0.4 is 15.6 Å². The standard InChI is InChI=1S/C15H15N3O4/c1-17-14(16-9-10-5-3-2-4-6-10)11-7-8-22-13(11)12(15(17)19)18(20)21/h2-6,16H,7-9H2,1H3. The number of anilines is 1. The average Bonchev–Trinajstić information content (AvgIpc) is 2.97. The number of rotatable bonds is 4. The van der Waals surface area contributed by atoms with Gasteiger partial charge in [-0.25, -0.2) is 0 Å². The van der Waals surface area contributed by atoms with Crippen LogP contribution in [0.1, 0.15) is 11.1 Å². The molecule has 1 aliphatic rings. The summed E-state index contributed by atoms with van der Waals surface area (Å²) in [5.41, 5.74) is 0.590. The highest BCUT2D eigenvalue weighted by Crippen LogP contribution is 2.37. The van der Waals surface area contributed by atoms with Crippen molar-refractivity contribution >= 4 is 11.5 Å². The van der Waals surface area contributed by atoms with Crippen molar-refractivity contribution < 1.29 is 9.66 Å². The summed E-state index contributed by atoms with van der Waals surface area (Å²) < 4.78 is 6.61. The molecule has 0 unspecified atom stereocenters. The van der Waals surface area contributed by atoms with Gasteiger partial charge in [-0.3, -0.25) is 19.5 Å². The average molecular weight is 301 g/mol. The van der Waals surface area contributed by atoms with E-state index in [1.54, 1.807) is 0 Å². The maximum Gasteiger partial charge on any atom is 0.375 e. The largest absolute Gasteiger partial charge is 0.486 e. The zero-order chi connectivity index (χ0) is 15.7. The highest BCUT2D eigenvalue weighted by molar-refractivity contribution is 5.63. The van der Waals surface area contributed by atoms with E-state index in [4.69, 9.17) is 4.74 Å². The van der Waals surface area contributed by atoms with E-state index in [0.29, 0.717) is 31.0 Å². The van der Waals surface area contributed by atoms with Crippen molar-refractivity contribution in [2.75, 3.05) is 11.9 Å². The number of aromatic nitrogens is 1. The molecule has 0 atom stereocenters. The van der Waals surface area contributed by atoms with Gasteiger partial charge in [0.15, 0.2) is 0 Å². The molecule has 0 bridgehead atoms. The third kappa shape index (κ3) is 2.30. The van der Waals surface area contributed by atoms with Crippen molar-refractivity contribution in [3.63, 3.8) is 0 Å². The van der Waals surface area contributed by atoms with E-state index in [2.05, 4.69) is 5.32 Å². The zero-order valence-electron chi connectivity index (χ0n) is 12.0. The first kappa shape index (κ1) is 14.1. The van der Waals surface area contributed by atoms with Gasteiger partial charge >= 0.3 is 11.2 Å². The maximum atomic E-state index is 12.2. The Kier molecular flexibility index (Phi) is 3.54. The third-order valence-electron chi connectivity index (χ3n) is 3.70. The number of pyridine rings is 1. The lowest BCUT2D eigenvalue weighted by Crippen LogP contribution is -2.24.